The van der Waals surface area contributed by atoms with Gasteiger partial charge in [0.25, 0.3) is 0 Å². The van der Waals surface area contributed by atoms with Gasteiger partial charge >= 0.3 is 6.18 Å². The number of sulfone groups is 1. The molecule has 1 atom stereocenters. The molecule has 0 aliphatic carbocycles. The van der Waals surface area contributed by atoms with Crippen LogP contribution in [0.2, 0.25) is 5.02 Å². The van der Waals surface area contributed by atoms with E-state index in [9.17, 15) is 26.7 Å². The molecule has 2 N–H and O–H groups in total. The molecule has 0 aliphatic rings. The van der Waals surface area contributed by atoms with E-state index < -0.39 is 39.9 Å². The monoisotopic (exact) mass is 520 g/mol. The zero-order chi connectivity index (χ0) is 24.8. The minimum Gasteiger partial charge on any atom is -0.380 e. The van der Waals surface area contributed by atoms with Crippen molar-refractivity contribution in [2.45, 2.75) is 53.8 Å². The molecule has 3 aromatic rings. The minimum atomic E-state index is -4.92. The lowest BCUT2D eigenvalue weighted by Crippen LogP contribution is -2.51. The van der Waals surface area contributed by atoms with Crippen molar-refractivity contribution in [3.05, 3.63) is 52.8 Å². The van der Waals surface area contributed by atoms with Crippen molar-refractivity contribution in [2.75, 3.05) is 12.5 Å². The van der Waals surface area contributed by atoms with Crippen LogP contribution in [0.4, 0.5) is 13.2 Å². The zero-order valence-electron chi connectivity index (χ0n) is 18.4. The summed E-state index contributed by atoms with van der Waals surface area (Å²) in [5, 5.41) is 11.6. The molecule has 11 heteroatoms. The van der Waals surface area contributed by atoms with E-state index in [0.29, 0.717) is 21.5 Å². The normalized spacial score (nSPS) is 15.1. The molecule has 2 aromatic heterocycles. The number of H-pyrrole nitrogens is 1. The van der Waals surface area contributed by atoms with Gasteiger partial charge in [0.15, 0.2) is 20.5 Å². The van der Waals surface area contributed by atoms with Crippen LogP contribution in [0, 0.1) is 0 Å². The van der Waals surface area contributed by atoms with Crippen LogP contribution in [-0.4, -0.2) is 47.8 Å². The Hall–Kier alpha value is -1.75. The molecule has 3 rings (SSSR count). The number of benzene rings is 1. The Kier molecular flexibility index (Phi) is 6.89. The lowest BCUT2D eigenvalue weighted by atomic mass is 9.73. The topological polar surface area (TPSA) is 83.0 Å². The number of nitrogens with zero attached hydrogens (tertiary/aromatic N) is 1. The second-order valence-corrected chi connectivity index (χ2v) is 12.0. The summed E-state index contributed by atoms with van der Waals surface area (Å²) in [5.41, 5.74) is -3.01. The number of hydrogen-bond acceptors (Lipinski definition) is 5. The van der Waals surface area contributed by atoms with Crippen molar-refractivity contribution < 1.29 is 26.7 Å². The number of hydrogen-bond donors (Lipinski definition) is 2. The van der Waals surface area contributed by atoms with Crippen molar-refractivity contribution in [3.63, 3.8) is 0 Å². The van der Waals surface area contributed by atoms with Gasteiger partial charge in [0.05, 0.1) is 11.7 Å². The Morgan fingerprint density at radius 1 is 1.18 bits per heavy atom. The van der Waals surface area contributed by atoms with Gasteiger partial charge in [-0.05, 0) is 54.0 Å². The van der Waals surface area contributed by atoms with Gasteiger partial charge in [-0.3, -0.25) is 0 Å². The van der Waals surface area contributed by atoms with Crippen LogP contribution in [0.25, 0.3) is 10.9 Å². The Morgan fingerprint density at radius 2 is 1.85 bits per heavy atom. The molecule has 0 bridgehead atoms. The number of pyridine rings is 1. The van der Waals surface area contributed by atoms with Gasteiger partial charge in [-0.1, -0.05) is 25.4 Å². The van der Waals surface area contributed by atoms with Crippen molar-refractivity contribution >= 4 is 44.1 Å². The van der Waals surface area contributed by atoms with Crippen LogP contribution in [0.5, 0.6) is 0 Å². The van der Waals surface area contributed by atoms with Crippen molar-refractivity contribution in [2.24, 2.45) is 0 Å². The summed E-state index contributed by atoms with van der Waals surface area (Å²) in [6.45, 7) is 3.28. The highest BCUT2D eigenvalue weighted by atomic mass is 35.5. The fourth-order valence-electron chi connectivity index (χ4n) is 3.98. The Morgan fingerprint density at radius 3 is 2.42 bits per heavy atom. The molecule has 5 nitrogen and oxygen atoms in total. The molecule has 0 saturated heterocycles. The fraction of sp³-hybridized carbons (Fsp3) is 0.409. The van der Waals surface area contributed by atoms with E-state index in [2.05, 4.69) is 9.97 Å². The van der Waals surface area contributed by atoms with Crippen LogP contribution in [0.15, 0.2) is 46.5 Å². The average molecular weight is 521 g/mol. The lowest BCUT2D eigenvalue weighted by Gasteiger charge is -2.38. The maximum absolute atomic E-state index is 14.2. The first-order chi connectivity index (χ1) is 15.1. The third-order valence-corrected chi connectivity index (χ3v) is 7.57. The fourth-order valence-corrected chi connectivity index (χ4v) is 5.50. The highest BCUT2D eigenvalue weighted by Gasteiger charge is 2.56. The van der Waals surface area contributed by atoms with E-state index in [1.165, 1.54) is 30.1 Å². The molecule has 1 aromatic carbocycles. The first-order valence-corrected chi connectivity index (χ1v) is 13.4. The number of fused-ring (bicyclic) bond motifs is 1. The van der Waals surface area contributed by atoms with E-state index in [0.717, 1.165) is 11.2 Å². The van der Waals surface area contributed by atoms with E-state index in [-0.39, 0.29) is 10.7 Å². The molecule has 180 valence electrons. The van der Waals surface area contributed by atoms with Gasteiger partial charge in [0.2, 0.25) is 0 Å². The molecule has 0 aliphatic heterocycles. The van der Waals surface area contributed by atoms with Gasteiger partial charge < -0.3 is 10.1 Å². The second-order valence-electron chi connectivity index (χ2n) is 8.79. The van der Waals surface area contributed by atoms with Crippen LogP contribution in [0.3, 0.4) is 0 Å². The number of halogens is 4. The van der Waals surface area contributed by atoms with E-state index in [1.807, 2.05) is 6.26 Å². The maximum atomic E-state index is 14.2. The summed E-state index contributed by atoms with van der Waals surface area (Å²) in [4.78, 5) is 7.44. The molecular weight excluding hydrogens is 497 g/mol. The standard InChI is InChI=1S/C22H24ClF3N2O3S2/c1-20(2,16-9-14(23)5-6-18(16)32-3)12-21(29,22(24,25)26)10-15-7-13-8-19(33(4,30)31)27-11-17(13)28-15/h5-9,11,28-29H,10,12H2,1-4H3. The molecule has 0 saturated carbocycles. The van der Waals surface area contributed by atoms with Crippen LogP contribution < -0.4 is 0 Å². The molecule has 0 fully saturated rings. The van der Waals surface area contributed by atoms with E-state index in [1.54, 1.807) is 32.0 Å². The van der Waals surface area contributed by atoms with Gasteiger partial charge in [-0.2, -0.15) is 13.2 Å². The molecule has 0 amide bonds. The molecule has 0 radical (unpaired) electrons. The third kappa shape index (κ3) is 5.50. The Bertz CT molecular complexity index is 1290. The first kappa shape index (κ1) is 25.9. The number of aromatic amines is 1. The SMILES string of the molecule is CSc1ccc(Cl)cc1C(C)(C)CC(O)(Cc1cc2cc(S(C)(=O)=O)ncc2[nH]1)C(F)(F)F. The maximum Gasteiger partial charge on any atom is 0.417 e. The highest BCUT2D eigenvalue weighted by Crippen LogP contribution is 2.45. The number of aliphatic hydroxyl groups is 1. The molecule has 2 heterocycles. The van der Waals surface area contributed by atoms with Crippen molar-refractivity contribution in [1.29, 1.82) is 0 Å². The second kappa shape index (κ2) is 8.79. The predicted molar refractivity (Wildman–Crippen MR) is 125 cm³/mol. The van der Waals surface area contributed by atoms with Gasteiger partial charge in [0, 0.05) is 33.7 Å². The molecule has 0 spiro atoms. The summed E-state index contributed by atoms with van der Waals surface area (Å²) in [7, 11) is -3.58. The summed E-state index contributed by atoms with van der Waals surface area (Å²) in [5.74, 6) is 0. The van der Waals surface area contributed by atoms with Crippen LogP contribution in [-0.2, 0) is 21.7 Å². The Balaban J connectivity index is 2.01. The summed E-state index contributed by atoms with van der Waals surface area (Å²) >= 11 is 7.50. The number of alkyl halides is 3. The van der Waals surface area contributed by atoms with Crippen LogP contribution >= 0.6 is 23.4 Å². The smallest absolute Gasteiger partial charge is 0.380 e. The highest BCUT2D eigenvalue weighted by molar-refractivity contribution is 7.98. The number of nitrogens with one attached hydrogen (secondary N) is 1. The summed E-state index contributed by atoms with van der Waals surface area (Å²) < 4.78 is 66.0. The number of thioether (sulfide) groups is 1. The summed E-state index contributed by atoms with van der Waals surface area (Å²) in [6, 6.07) is 7.75. The molecule has 33 heavy (non-hydrogen) atoms. The Labute approximate surface area is 199 Å². The number of aromatic nitrogens is 2. The quantitative estimate of drug-likeness (QED) is 0.399. The van der Waals surface area contributed by atoms with Gasteiger partial charge in [-0.25, -0.2) is 13.4 Å². The number of rotatable bonds is 7. The van der Waals surface area contributed by atoms with Crippen molar-refractivity contribution in [3.8, 4) is 0 Å². The van der Waals surface area contributed by atoms with E-state index in [4.69, 9.17) is 11.6 Å². The zero-order valence-corrected chi connectivity index (χ0v) is 20.8. The molecule has 1 unspecified atom stereocenters. The van der Waals surface area contributed by atoms with Crippen LogP contribution in [0.1, 0.15) is 31.5 Å². The first-order valence-electron chi connectivity index (χ1n) is 9.87. The predicted octanol–water partition coefficient (Wildman–Crippen LogP) is 5.55. The van der Waals surface area contributed by atoms with Crippen molar-refractivity contribution in [1.82, 2.24) is 9.97 Å². The largest absolute Gasteiger partial charge is 0.417 e. The molecular formula is C22H24ClF3N2O3S2. The van der Waals surface area contributed by atoms with E-state index >= 15 is 0 Å². The summed E-state index contributed by atoms with van der Waals surface area (Å²) in [6.07, 6.45) is -2.20. The average Bonchev–Trinajstić information content (AvgIpc) is 3.07. The lowest BCUT2D eigenvalue weighted by molar-refractivity contribution is -0.266. The van der Waals surface area contributed by atoms with Gasteiger partial charge in [0.1, 0.15) is 0 Å². The third-order valence-electron chi connectivity index (χ3n) is 5.55. The van der Waals surface area contributed by atoms with Gasteiger partial charge in [-0.15, -0.1) is 11.8 Å². The minimum absolute atomic E-state index is 0.115.